The van der Waals surface area contributed by atoms with Gasteiger partial charge in [-0.2, -0.15) is 0 Å². The van der Waals surface area contributed by atoms with Crippen LogP contribution < -0.4 is 10.1 Å². The van der Waals surface area contributed by atoms with Gasteiger partial charge in [-0.3, -0.25) is 0 Å². The van der Waals surface area contributed by atoms with E-state index in [1.165, 1.54) is 0 Å². The summed E-state index contributed by atoms with van der Waals surface area (Å²) in [5, 5.41) is 4.07. The maximum Gasteiger partial charge on any atom is 0.137 e. The van der Waals surface area contributed by atoms with E-state index in [0.29, 0.717) is 29.5 Å². The second kappa shape index (κ2) is 9.43. The van der Waals surface area contributed by atoms with Crippen LogP contribution in [0.1, 0.15) is 33.6 Å². The molecule has 1 fully saturated rings. The molecule has 0 aliphatic carbocycles. The van der Waals surface area contributed by atoms with Gasteiger partial charge in [-0.05, 0) is 60.1 Å². The molecule has 1 N–H and O–H groups in total. The standard InChI is InChI=1S/C22H29ClN2O2/c1-15(2)10-16(3)13-27-21-5-4-17(11-20(21)23)18-6-8-24-22(12-18)25-19-7-9-26-14-19/h4-6,8,11-12,15-16,19H,7,9-10,13-14H2,1-3H3,(H,24,25)/t16-,19?/m1/s1. The predicted molar refractivity (Wildman–Crippen MR) is 112 cm³/mol. The number of aromatic nitrogens is 1. The smallest absolute Gasteiger partial charge is 0.137 e. The third kappa shape index (κ3) is 5.85. The number of nitrogens with one attached hydrogen (secondary N) is 1. The third-order valence-corrected chi connectivity index (χ3v) is 5.00. The molecule has 146 valence electrons. The van der Waals surface area contributed by atoms with Crippen LogP contribution in [0.3, 0.4) is 0 Å². The lowest BCUT2D eigenvalue weighted by molar-refractivity contribution is 0.195. The van der Waals surface area contributed by atoms with Gasteiger partial charge in [0.2, 0.25) is 0 Å². The van der Waals surface area contributed by atoms with Gasteiger partial charge in [0, 0.05) is 12.8 Å². The molecule has 2 atom stereocenters. The Balaban J connectivity index is 1.66. The van der Waals surface area contributed by atoms with Crippen LogP contribution in [0.2, 0.25) is 5.02 Å². The van der Waals surface area contributed by atoms with Crippen LogP contribution in [0.4, 0.5) is 5.82 Å². The van der Waals surface area contributed by atoms with Gasteiger partial charge in [0.05, 0.1) is 24.3 Å². The van der Waals surface area contributed by atoms with E-state index >= 15 is 0 Å². The molecule has 0 saturated carbocycles. The zero-order valence-electron chi connectivity index (χ0n) is 16.4. The Bertz CT molecular complexity index is 745. The zero-order valence-corrected chi connectivity index (χ0v) is 17.1. The molecule has 27 heavy (non-hydrogen) atoms. The van der Waals surface area contributed by atoms with Crippen LogP contribution in [-0.4, -0.2) is 30.8 Å². The summed E-state index contributed by atoms with van der Waals surface area (Å²) in [5.41, 5.74) is 2.13. The molecule has 1 aliphatic heterocycles. The van der Waals surface area contributed by atoms with Crippen LogP contribution in [0.15, 0.2) is 36.5 Å². The molecule has 0 radical (unpaired) electrons. The van der Waals surface area contributed by atoms with Crippen LogP contribution in [0, 0.1) is 11.8 Å². The normalized spacial score (nSPS) is 17.9. The largest absolute Gasteiger partial charge is 0.492 e. The van der Waals surface area contributed by atoms with Crippen molar-refractivity contribution in [3.8, 4) is 16.9 Å². The molecule has 2 aromatic rings. The highest BCUT2D eigenvalue weighted by Crippen LogP contribution is 2.31. The first-order chi connectivity index (χ1) is 13.0. The molecular formula is C22H29ClN2O2. The Morgan fingerprint density at radius 3 is 2.74 bits per heavy atom. The lowest BCUT2D eigenvalue weighted by atomic mass is 10.00. The molecule has 0 spiro atoms. The van der Waals surface area contributed by atoms with Crippen molar-refractivity contribution in [1.82, 2.24) is 4.98 Å². The number of ether oxygens (including phenoxy) is 2. The lowest BCUT2D eigenvalue weighted by Crippen LogP contribution is -2.19. The minimum Gasteiger partial charge on any atom is -0.492 e. The van der Waals surface area contributed by atoms with E-state index in [1.807, 2.05) is 30.5 Å². The molecule has 1 saturated heterocycles. The average Bonchev–Trinajstić information content (AvgIpc) is 3.13. The van der Waals surface area contributed by atoms with Crippen molar-refractivity contribution in [2.45, 2.75) is 39.7 Å². The van der Waals surface area contributed by atoms with Gasteiger partial charge in [-0.15, -0.1) is 0 Å². The summed E-state index contributed by atoms with van der Waals surface area (Å²) in [4.78, 5) is 4.42. The number of hydrogen-bond donors (Lipinski definition) is 1. The van der Waals surface area contributed by atoms with Gasteiger partial charge in [0.25, 0.3) is 0 Å². The van der Waals surface area contributed by atoms with Crippen LogP contribution >= 0.6 is 11.6 Å². The Kier molecular flexibility index (Phi) is 6.97. The molecule has 5 heteroatoms. The van der Waals surface area contributed by atoms with Crippen LogP contribution in [0.25, 0.3) is 11.1 Å². The number of benzene rings is 1. The Labute approximate surface area is 167 Å². The van der Waals surface area contributed by atoms with Crippen molar-refractivity contribution >= 4 is 17.4 Å². The Morgan fingerprint density at radius 1 is 1.22 bits per heavy atom. The number of hydrogen-bond acceptors (Lipinski definition) is 4. The van der Waals surface area contributed by atoms with Gasteiger partial charge in [-0.1, -0.05) is 38.4 Å². The maximum absolute atomic E-state index is 6.47. The van der Waals surface area contributed by atoms with E-state index in [4.69, 9.17) is 21.1 Å². The molecule has 3 rings (SSSR count). The van der Waals surface area contributed by atoms with E-state index in [9.17, 15) is 0 Å². The number of nitrogens with zero attached hydrogens (tertiary/aromatic N) is 1. The maximum atomic E-state index is 6.47. The zero-order chi connectivity index (χ0) is 19.2. The van der Waals surface area contributed by atoms with E-state index in [2.05, 4.69) is 37.1 Å². The quantitative estimate of drug-likeness (QED) is 0.633. The Morgan fingerprint density at radius 2 is 2.04 bits per heavy atom. The van der Waals surface area contributed by atoms with Crippen LogP contribution in [-0.2, 0) is 4.74 Å². The van der Waals surface area contributed by atoms with Crippen LogP contribution in [0.5, 0.6) is 5.75 Å². The summed E-state index contributed by atoms with van der Waals surface area (Å²) >= 11 is 6.47. The number of rotatable bonds is 8. The minimum atomic E-state index is 0.333. The predicted octanol–water partition coefficient (Wildman–Crippen LogP) is 5.66. The molecule has 1 aliphatic rings. The fraction of sp³-hybridized carbons (Fsp3) is 0.500. The van der Waals surface area contributed by atoms with Crippen molar-refractivity contribution in [3.05, 3.63) is 41.6 Å². The number of anilines is 1. The average molecular weight is 389 g/mol. The fourth-order valence-electron chi connectivity index (χ4n) is 3.45. The SMILES string of the molecule is CC(C)C[C@@H](C)COc1ccc(-c2ccnc(NC3CCOC3)c2)cc1Cl. The first-order valence-electron chi connectivity index (χ1n) is 9.74. The highest BCUT2D eigenvalue weighted by molar-refractivity contribution is 6.32. The van der Waals surface area contributed by atoms with Gasteiger partial charge in [0.1, 0.15) is 11.6 Å². The van der Waals surface area contributed by atoms with Crippen molar-refractivity contribution in [2.24, 2.45) is 11.8 Å². The monoisotopic (exact) mass is 388 g/mol. The second-order valence-corrected chi connectivity index (χ2v) is 8.23. The summed E-state index contributed by atoms with van der Waals surface area (Å²) in [6.07, 6.45) is 3.98. The van der Waals surface area contributed by atoms with Crippen molar-refractivity contribution < 1.29 is 9.47 Å². The molecule has 1 unspecified atom stereocenters. The highest BCUT2D eigenvalue weighted by Gasteiger charge is 2.16. The summed E-state index contributed by atoms with van der Waals surface area (Å²) < 4.78 is 11.3. The van der Waals surface area contributed by atoms with E-state index < -0.39 is 0 Å². The molecule has 4 nitrogen and oxygen atoms in total. The molecule has 1 aromatic heterocycles. The Hall–Kier alpha value is -1.78. The summed E-state index contributed by atoms with van der Waals surface area (Å²) in [6, 6.07) is 10.3. The van der Waals surface area contributed by atoms with E-state index in [1.54, 1.807) is 0 Å². The molecule has 1 aromatic carbocycles. The molecular weight excluding hydrogens is 360 g/mol. The van der Waals surface area contributed by atoms with Gasteiger partial charge in [-0.25, -0.2) is 4.98 Å². The first kappa shape index (κ1) is 20.0. The minimum absolute atomic E-state index is 0.333. The highest BCUT2D eigenvalue weighted by atomic mass is 35.5. The van der Waals surface area contributed by atoms with E-state index in [-0.39, 0.29) is 0 Å². The summed E-state index contributed by atoms with van der Waals surface area (Å²) in [5.74, 6) is 2.79. The molecule has 0 bridgehead atoms. The van der Waals surface area contributed by atoms with Gasteiger partial charge in [0.15, 0.2) is 0 Å². The summed E-state index contributed by atoms with van der Waals surface area (Å²) in [6.45, 7) is 8.90. The topological polar surface area (TPSA) is 43.4 Å². The van der Waals surface area contributed by atoms with E-state index in [0.717, 1.165) is 48.7 Å². The van der Waals surface area contributed by atoms with Crippen molar-refractivity contribution in [2.75, 3.05) is 25.1 Å². The molecule has 0 amide bonds. The first-order valence-corrected chi connectivity index (χ1v) is 10.1. The number of pyridine rings is 1. The third-order valence-electron chi connectivity index (χ3n) is 4.70. The second-order valence-electron chi connectivity index (χ2n) is 7.83. The van der Waals surface area contributed by atoms with Gasteiger partial charge >= 0.3 is 0 Å². The van der Waals surface area contributed by atoms with Crippen molar-refractivity contribution in [3.63, 3.8) is 0 Å². The van der Waals surface area contributed by atoms with Gasteiger partial charge < -0.3 is 14.8 Å². The molecule has 2 heterocycles. The summed E-state index contributed by atoms with van der Waals surface area (Å²) in [7, 11) is 0. The fourth-order valence-corrected chi connectivity index (χ4v) is 3.68. The lowest BCUT2D eigenvalue weighted by Gasteiger charge is -2.16. The number of halogens is 1. The van der Waals surface area contributed by atoms with Crippen molar-refractivity contribution in [1.29, 1.82) is 0 Å².